The van der Waals surface area contributed by atoms with Gasteiger partial charge in [0, 0.05) is 30.1 Å². The first-order chi connectivity index (χ1) is 12.1. The Hall–Kier alpha value is -1.93. The van der Waals surface area contributed by atoms with Gasteiger partial charge in [0.2, 0.25) is 5.91 Å². The summed E-state index contributed by atoms with van der Waals surface area (Å²) in [5, 5.41) is 9.06. The van der Waals surface area contributed by atoms with E-state index in [1.807, 2.05) is 17.5 Å². The molecule has 2 rings (SSSR count). The molecule has 0 atom stereocenters. The second-order valence-electron chi connectivity index (χ2n) is 5.53. The Morgan fingerprint density at radius 3 is 2.84 bits per heavy atom. The van der Waals surface area contributed by atoms with Gasteiger partial charge in [-0.25, -0.2) is 4.98 Å². The summed E-state index contributed by atoms with van der Waals surface area (Å²) in [5.41, 5.74) is 0.956. The van der Waals surface area contributed by atoms with Gasteiger partial charge in [-0.15, -0.1) is 22.7 Å². The highest BCUT2D eigenvalue weighted by atomic mass is 32.1. The lowest BCUT2D eigenvalue weighted by atomic mass is 10.2. The highest BCUT2D eigenvalue weighted by Gasteiger charge is 2.08. The van der Waals surface area contributed by atoms with Crippen LogP contribution in [-0.4, -0.2) is 30.5 Å². The average Bonchev–Trinajstić information content (AvgIpc) is 3.24. The van der Waals surface area contributed by atoms with E-state index in [1.165, 1.54) is 14.0 Å². The first-order valence-electron chi connectivity index (χ1n) is 8.18. The number of unbranched alkanes of at least 4 members (excludes halogenated alkanes) is 2. The van der Waals surface area contributed by atoms with Gasteiger partial charge in [-0.05, 0) is 25.0 Å². The van der Waals surface area contributed by atoms with Crippen molar-refractivity contribution in [2.45, 2.75) is 39.2 Å². The van der Waals surface area contributed by atoms with E-state index in [9.17, 15) is 9.59 Å². The molecule has 0 saturated heterocycles. The smallest absolute Gasteiger partial charge is 0.305 e. The van der Waals surface area contributed by atoms with Crippen molar-refractivity contribution in [3.05, 3.63) is 22.4 Å². The fourth-order valence-corrected chi connectivity index (χ4v) is 3.88. The van der Waals surface area contributed by atoms with Crippen LogP contribution >= 0.6 is 22.7 Å². The highest BCUT2D eigenvalue weighted by Crippen LogP contribution is 2.30. The molecule has 8 heteroatoms. The molecular formula is C17H23N3O3S2. The number of esters is 1. The zero-order valence-corrected chi connectivity index (χ0v) is 16.1. The van der Waals surface area contributed by atoms with Crippen LogP contribution in [-0.2, 0) is 20.9 Å². The average molecular weight is 382 g/mol. The number of carbonyl (C=O) groups is 2. The number of aromatic nitrogens is 1. The summed E-state index contributed by atoms with van der Waals surface area (Å²) >= 11 is 3.22. The van der Waals surface area contributed by atoms with E-state index in [-0.39, 0.29) is 11.9 Å². The van der Waals surface area contributed by atoms with E-state index in [0.717, 1.165) is 46.4 Å². The minimum Gasteiger partial charge on any atom is -0.469 e. The number of hydrogen-bond acceptors (Lipinski definition) is 7. The Bertz CT molecular complexity index is 697. The number of anilines is 1. The van der Waals surface area contributed by atoms with Gasteiger partial charge in [0.1, 0.15) is 0 Å². The Morgan fingerprint density at radius 2 is 2.08 bits per heavy atom. The molecule has 0 spiro atoms. The van der Waals surface area contributed by atoms with Crippen LogP contribution in [0.25, 0.3) is 10.6 Å². The molecule has 0 aromatic carbocycles. The molecule has 0 aliphatic carbocycles. The van der Waals surface area contributed by atoms with E-state index >= 15 is 0 Å². The lowest BCUT2D eigenvalue weighted by Gasteiger charge is -2.02. The van der Waals surface area contributed by atoms with Crippen LogP contribution in [0.1, 0.15) is 37.5 Å². The van der Waals surface area contributed by atoms with E-state index in [1.54, 1.807) is 22.7 Å². The van der Waals surface area contributed by atoms with Crippen molar-refractivity contribution in [1.29, 1.82) is 0 Å². The van der Waals surface area contributed by atoms with Gasteiger partial charge >= 0.3 is 5.97 Å². The number of methoxy groups -OCH3 is 1. The maximum absolute atomic E-state index is 11.0. The SMILES string of the molecule is COC(=O)CCCCCNc1nc(-c2ccc(CNC(C)=O)s2)cs1. The Morgan fingerprint density at radius 1 is 1.24 bits per heavy atom. The summed E-state index contributed by atoms with van der Waals surface area (Å²) in [6, 6.07) is 4.05. The number of thiazole rings is 1. The molecule has 2 aromatic rings. The number of ether oxygens (including phenoxy) is 1. The van der Waals surface area contributed by atoms with E-state index in [2.05, 4.69) is 20.4 Å². The zero-order valence-electron chi connectivity index (χ0n) is 14.5. The van der Waals surface area contributed by atoms with Crippen LogP contribution in [0.3, 0.4) is 0 Å². The fourth-order valence-electron chi connectivity index (χ4n) is 2.16. The largest absolute Gasteiger partial charge is 0.469 e. The number of rotatable bonds is 10. The number of nitrogens with one attached hydrogen (secondary N) is 2. The molecule has 0 saturated carbocycles. The molecule has 0 fully saturated rings. The van der Waals surface area contributed by atoms with E-state index in [0.29, 0.717) is 13.0 Å². The molecule has 0 bridgehead atoms. The van der Waals surface area contributed by atoms with Crippen molar-refractivity contribution in [2.24, 2.45) is 0 Å². The number of nitrogens with zero attached hydrogens (tertiary/aromatic N) is 1. The first-order valence-corrected chi connectivity index (χ1v) is 9.88. The topological polar surface area (TPSA) is 80.3 Å². The number of thiophene rings is 1. The molecular weight excluding hydrogens is 358 g/mol. The summed E-state index contributed by atoms with van der Waals surface area (Å²) in [6.45, 7) is 2.91. The van der Waals surface area contributed by atoms with Crippen LogP contribution < -0.4 is 10.6 Å². The lowest BCUT2D eigenvalue weighted by molar-refractivity contribution is -0.140. The predicted molar refractivity (Wildman–Crippen MR) is 102 cm³/mol. The predicted octanol–water partition coefficient (Wildman–Crippen LogP) is 3.65. The third-order valence-corrected chi connectivity index (χ3v) is 5.40. The standard InChI is InChI=1S/C17H23N3O3S2/c1-12(21)19-10-13-7-8-15(25-13)14-11-24-17(20-14)18-9-5-3-4-6-16(22)23-2/h7-8,11H,3-6,9-10H2,1-2H3,(H,18,20)(H,19,21). The molecule has 0 unspecified atom stereocenters. The second kappa shape index (κ2) is 10.1. The van der Waals surface area contributed by atoms with Crippen molar-refractivity contribution >= 4 is 39.7 Å². The van der Waals surface area contributed by atoms with Gasteiger partial charge < -0.3 is 15.4 Å². The van der Waals surface area contributed by atoms with Crippen molar-refractivity contribution in [2.75, 3.05) is 19.0 Å². The molecule has 2 aromatic heterocycles. The van der Waals surface area contributed by atoms with Gasteiger partial charge in [0.05, 0.1) is 24.2 Å². The fraction of sp³-hybridized carbons (Fsp3) is 0.471. The normalized spacial score (nSPS) is 10.5. The maximum Gasteiger partial charge on any atom is 0.305 e. The number of amides is 1. The lowest BCUT2D eigenvalue weighted by Crippen LogP contribution is -2.17. The summed E-state index contributed by atoms with van der Waals surface area (Å²) in [5.74, 6) is -0.173. The molecule has 0 aliphatic rings. The Labute approximate surface area is 155 Å². The van der Waals surface area contributed by atoms with Crippen molar-refractivity contribution < 1.29 is 14.3 Å². The monoisotopic (exact) mass is 381 g/mol. The van der Waals surface area contributed by atoms with E-state index in [4.69, 9.17) is 0 Å². The van der Waals surface area contributed by atoms with Gasteiger partial charge in [-0.2, -0.15) is 0 Å². The number of hydrogen-bond donors (Lipinski definition) is 2. The summed E-state index contributed by atoms with van der Waals surface area (Å²) in [4.78, 5) is 28.8. The Balaban J connectivity index is 1.73. The third-order valence-electron chi connectivity index (χ3n) is 3.49. The number of carbonyl (C=O) groups excluding carboxylic acids is 2. The molecule has 136 valence electrons. The molecule has 1 amide bonds. The van der Waals surface area contributed by atoms with Crippen molar-refractivity contribution in [1.82, 2.24) is 10.3 Å². The van der Waals surface area contributed by atoms with Gasteiger partial charge in [-0.1, -0.05) is 6.42 Å². The van der Waals surface area contributed by atoms with Gasteiger partial charge in [0.15, 0.2) is 5.13 Å². The summed E-state index contributed by atoms with van der Waals surface area (Å²) in [7, 11) is 1.42. The third kappa shape index (κ3) is 6.83. The second-order valence-corrected chi connectivity index (χ2v) is 7.55. The van der Waals surface area contributed by atoms with E-state index < -0.39 is 0 Å². The van der Waals surface area contributed by atoms with Crippen LogP contribution in [0.5, 0.6) is 0 Å². The summed E-state index contributed by atoms with van der Waals surface area (Å²) in [6.07, 6.45) is 3.31. The molecule has 2 heterocycles. The van der Waals surface area contributed by atoms with Crippen LogP contribution in [0.4, 0.5) is 5.13 Å². The van der Waals surface area contributed by atoms with Crippen LogP contribution in [0.2, 0.25) is 0 Å². The highest BCUT2D eigenvalue weighted by molar-refractivity contribution is 7.17. The van der Waals surface area contributed by atoms with Gasteiger partial charge in [0.25, 0.3) is 0 Å². The van der Waals surface area contributed by atoms with Crippen molar-refractivity contribution in [3.8, 4) is 10.6 Å². The quantitative estimate of drug-likeness (QED) is 0.485. The molecule has 0 aliphatic heterocycles. The van der Waals surface area contributed by atoms with Crippen LogP contribution in [0.15, 0.2) is 17.5 Å². The molecule has 25 heavy (non-hydrogen) atoms. The zero-order chi connectivity index (χ0) is 18.1. The minimum atomic E-state index is -0.147. The Kier molecular flexibility index (Phi) is 7.87. The van der Waals surface area contributed by atoms with Crippen molar-refractivity contribution in [3.63, 3.8) is 0 Å². The molecule has 6 nitrogen and oxygen atoms in total. The summed E-state index contributed by atoms with van der Waals surface area (Å²) < 4.78 is 4.62. The molecule has 0 radical (unpaired) electrons. The first kappa shape index (κ1) is 19.4. The minimum absolute atomic E-state index is 0.0262. The van der Waals surface area contributed by atoms with Crippen LogP contribution in [0, 0.1) is 0 Å². The van der Waals surface area contributed by atoms with Gasteiger partial charge in [-0.3, -0.25) is 9.59 Å². The molecule has 2 N–H and O–H groups in total. The maximum atomic E-state index is 11.0.